The number of benzene rings is 1. The summed E-state index contributed by atoms with van der Waals surface area (Å²) in [7, 11) is 0. The van der Waals surface area contributed by atoms with Gasteiger partial charge in [-0.3, -0.25) is 14.2 Å². The number of esters is 1. The van der Waals surface area contributed by atoms with Crippen molar-refractivity contribution in [2.75, 3.05) is 23.4 Å². The average molecular weight is 420 g/mol. The molecule has 0 saturated carbocycles. The molecule has 0 bridgehead atoms. The molecule has 0 aliphatic heterocycles. The third-order valence-corrected chi connectivity index (χ3v) is 5.27. The minimum Gasteiger partial charge on any atom is -0.465 e. The zero-order valence-electron chi connectivity index (χ0n) is 17.2. The number of hydrogen-bond donors (Lipinski definition) is 2. The maximum absolute atomic E-state index is 12.9. The van der Waals surface area contributed by atoms with Crippen molar-refractivity contribution in [3.63, 3.8) is 0 Å². The number of hydrogen-bond acceptors (Lipinski definition) is 7. The van der Waals surface area contributed by atoms with Gasteiger partial charge in [-0.2, -0.15) is 0 Å². The molecule has 0 saturated heterocycles. The van der Waals surface area contributed by atoms with E-state index in [0.717, 1.165) is 36.7 Å². The van der Waals surface area contributed by atoms with Crippen molar-refractivity contribution in [1.82, 2.24) is 14.8 Å². The van der Waals surface area contributed by atoms with Crippen LogP contribution in [-0.2, 0) is 20.7 Å². The van der Waals surface area contributed by atoms with Crippen molar-refractivity contribution >= 4 is 35.3 Å². The number of aryl methyl sites for hydroxylation is 1. The summed E-state index contributed by atoms with van der Waals surface area (Å²) in [5.74, 6) is -0.360. The van der Waals surface area contributed by atoms with E-state index >= 15 is 0 Å². The number of aromatic nitrogens is 3. The lowest BCUT2D eigenvalue weighted by Gasteiger charge is -2.19. The molecule has 1 aromatic carbocycles. The standard InChI is InChI=1S/C20H29N5O3S/c1-4-7-8-14-9-11-15(12-10-14)22-18(27)16(5-2)25-19(21)23-24-20(25)29-13-17(26)28-6-3/h9-12,16H,4-8,13H2,1-3H3,(H2,21,23)(H,22,27). The first-order valence-electron chi connectivity index (χ1n) is 9.88. The highest BCUT2D eigenvalue weighted by molar-refractivity contribution is 7.99. The number of unbranched alkanes of at least 4 members (excludes halogenated alkanes) is 1. The Morgan fingerprint density at radius 2 is 1.93 bits per heavy atom. The highest BCUT2D eigenvalue weighted by atomic mass is 32.2. The van der Waals surface area contributed by atoms with E-state index in [9.17, 15) is 9.59 Å². The number of carbonyl (C=O) groups excluding carboxylic acids is 2. The van der Waals surface area contributed by atoms with E-state index in [2.05, 4.69) is 22.4 Å². The number of nitrogens with zero attached hydrogens (tertiary/aromatic N) is 3. The number of nitrogens with one attached hydrogen (secondary N) is 1. The Balaban J connectivity index is 2.09. The van der Waals surface area contributed by atoms with Crippen molar-refractivity contribution in [3.05, 3.63) is 29.8 Å². The number of thioether (sulfide) groups is 1. The van der Waals surface area contributed by atoms with Gasteiger partial charge in [0.15, 0.2) is 5.16 Å². The summed E-state index contributed by atoms with van der Waals surface area (Å²) >= 11 is 1.15. The van der Waals surface area contributed by atoms with Crippen LogP contribution in [0.25, 0.3) is 0 Å². The maximum Gasteiger partial charge on any atom is 0.316 e. The normalized spacial score (nSPS) is 11.8. The van der Waals surface area contributed by atoms with E-state index in [1.165, 1.54) is 5.56 Å². The number of carbonyl (C=O) groups is 2. The monoisotopic (exact) mass is 419 g/mol. The molecule has 1 amide bonds. The fourth-order valence-corrected chi connectivity index (χ4v) is 3.64. The summed E-state index contributed by atoms with van der Waals surface area (Å²) < 4.78 is 6.49. The third-order valence-electron chi connectivity index (χ3n) is 4.36. The van der Waals surface area contributed by atoms with Gasteiger partial charge in [0.2, 0.25) is 11.9 Å². The van der Waals surface area contributed by atoms with Crippen LogP contribution in [0.1, 0.15) is 51.6 Å². The van der Waals surface area contributed by atoms with Gasteiger partial charge >= 0.3 is 5.97 Å². The van der Waals surface area contributed by atoms with Gasteiger partial charge in [-0.1, -0.05) is 44.2 Å². The van der Waals surface area contributed by atoms with Crippen molar-refractivity contribution in [2.45, 2.75) is 57.7 Å². The SMILES string of the molecule is CCCCc1ccc(NC(=O)C(CC)n2c(N)nnc2SCC(=O)OCC)cc1. The number of nitrogens with two attached hydrogens (primary N) is 1. The predicted molar refractivity (Wildman–Crippen MR) is 115 cm³/mol. The summed E-state index contributed by atoms with van der Waals surface area (Å²) in [6.45, 7) is 6.11. The highest BCUT2D eigenvalue weighted by Crippen LogP contribution is 2.26. The summed E-state index contributed by atoms with van der Waals surface area (Å²) in [6, 6.07) is 7.28. The molecule has 3 N–H and O–H groups in total. The van der Waals surface area contributed by atoms with Gasteiger partial charge < -0.3 is 15.8 Å². The van der Waals surface area contributed by atoms with Crippen LogP contribution >= 0.6 is 11.8 Å². The molecule has 0 radical (unpaired) electrons. The molecule has 1 atom stereocenters. The number of anilines is 2. The third kappa shape index (κ3) is 6.49. The first kappa shape index (κ1) is 22.7. The van der Waals surface area contributed by atoms with Gasteiger partial charge in [0.25, 0.3) is 0 Å². The second kappa shape index (κ2) is 11.5. The number of nitrogen functional groups attached to an aromatic ring is 1. The van der Waals surface area contributed by atoms with E-state index in [1.54, 1.807) is 11.5 Å². The lowest BCUT2D eigenvalue weighted by Crippen LogP contribution is -2.27. The van der Waals surface area contributed by atoms with Crippen molar-refractivity contribution in [2.24, 2.45) is 0 Å². The van der Waals surface area contributed by atoms with E-state index < -0.39 is 6.04 Å². The molecule has 2 aromatic rings. The van der Waals surface area contributed by atoms with Gasteiger partial charge in [-0.25, -0.2) is 0 Å². The fraction of sp³-hybridized carbons (Fsp3) is 0.500. The van der Waals surface area contributed by atoms with Gasteiger partial charge in [0.1, 0.15) is 6.04 Å². The molecule has 9 heteroatoms. The topological polar surface area (TPSA) is 112 Å². The Morgan fingerprint density at radius 1 is 1.21 bits per heavy atom. The second-order valence-electron chi connectivity index (χ2n) is 6.52. The molecule has 0 fully saturated rings. The lowest BCUT2D eigenvalue weighted by atomic mass is 10.1. The summed E-state index contributed by atoms with van der Waals surface area (Å²) in [5, 5.41) is 11.2. The average Bonchev–Trinajstić information content (AvgIpc) is 3.07. The van der Waals surface area contributed by atoms with Crippen LogP contribution in [0.3, 0.4) is 0 Å². The molecular formula is C20H29N5O3S. The van der Waals surface area contributed by atoms with Crippen LogP contribution in [0.4, 0.5) is 11.6 Å². The predicted octanol–water partition coefficient (Wildman–Crippen LogP) is 3.45. The zero-order valence-corrected chi connectivity index (χ0v) is 18.0. The Morgan fingerprint density at radius 3 is 2.55 bits per heavy atom. The molecule has 1 heterocycles. The molecule has 158 valence electrons. The molecule has 2 rings (SSSR count). The van der Waals surface area contributed by atoms with Crippen LogP contribution in [-0.4, -0.2) is 39.0 Å². The first-order valence-corrected chi connectivity index (χ1v) is 10.9. The summed E-state index contributed by atoms with van der Waals surface area (Å²) in [5.41, 5.74) is 7.93. The molecular weight excluding hydrogens is 390 g/mol. The Kier molecular flexibility index (Phi) is 8.98. The van der Waals surface area contributed by atoms with Gasteiger partial charge in [0.05, 0.1) is 12.4 Å². The Bertz CT molecular complexity index is 807. The number of rotatable bonds is 11. The molecule has 0 aliphatic carbocycles. The Hall–Kier alpha value is -2.55. The molecule has 0 spiro atoms. The number of ether oxygens (including phenoxy) is 1. The first-order chi connectivity index (χ1) is 14.0. The van der Waals surface area contributed by atoms with Gasteiger partial charge in [-0.15, -0.1) is 10.2 Å². The maximum atomic E-state index is 12.9. The van der Waals surface area contributed by atoms with Crippen LogP contribution in [0.2, 0.25) is 0 Å². The largest absolute Gasteiger partial charge is 0.465 e. The molecule has 1 unspecified atom stereocenters. The van der Waals surface area contributed by atoms with Gasteiger partial charge in [-0.05, 0) is 43.9 Å². The van der Waals surface area contributed by atoms with Crippen LogP contribution in [0, 0.1) is 0 Å². The van der Waals surface area contributed by atoms with Crippen LogP contribution < -0.4 is 11.1 Å². The summed E-state index contributed by atoms with van der Waals surface area (Å²) in [6.07, 6.45) is 3.81. The quantitative estimate of drug-likeness (QED) is 0.424. The van der Waals surface area contributed by atoms with Crippen LogP contribution in [0.5, 0.6) is 0 Å². The minimum absolute atomic E-state index is 0.0727. The van der Waals surface area contributed by atoms with Gasteiger partial charge in [0, 0.05) is 5.69 Å². The molecule has 8 nitrogen and oxygen atoms in total. The summed E-state index contributed by atoms with van der Waals surface area (Å²) in [4.78, 5) is 24.5. The molecule has 0 aliphatic rings. The van der Waals surface area contributed by atoms with Crippen molar-refractivity contribution < 1.29 is 14.3 Å². The molecule has 1 aromatic heterocycles. The molecule has 29 heavy (non-hydrogen) atoms. The second-order valence-corrected chi connectivity index (χ2v) is 7.46. The van der Waals surface area contributed by atoms with Crippen molar-refractivity contribution in [3.8, 4) is 0 Å². The van der Waals surface area contributed by atoms with E-state index in [4.69, 9.17) is 10.5 Å². The minimum atomic E-state index is -0.588. The van der Waals surface area contributed by atoms with Crippen LogP contribution in [0.15, 0.2) is 29.4 Å². The lowest BCUT2D eigenvalue weighted by molar-refractivity contribution is -0.139. The Labute approximate surface area is 175 Å². The van der Waals surface area contributed by atoms with Crippen molar-refractivity contribution in [1.29, 1.82) is 0 Å². The van der Waals surface area contributed by atoms with E-state index in [0.29, 0.717) is 18.2 Å². The highest BCUT2D eigenvalue weighted by Gasteiger charge is 2.25. The number of amides is 1. The smallest absolute Gasteiger partial charge is 0.316 e. The zero-order chi connectivity index (χ0) is 21.2. The fourth-order valence-electron chi connectivity index (χ4n) is 2.85. The van der Waals surface area contributed by atoms with E-state index in [-0.39, 0.29) is 23.6 Å². The van der Waals surface area contributed by atoms with E-state index in [1.807, 2.05) is 31.2 Å².